The Hall–Kier alpha value is -2.28. The highest BCUT2D eigenvalue weighted by molar-refractivity contribution is 5.84. The van der Waals surface area contributed by atoms with Gasteiger partial charge in [-0.05, 0) is 38.5 Å². The van der Waals surface area contributed by atoms with Gasteiger partial charge in [-0.3, -0.25) is 4.79 Å². The van der Waals surface area contributed by atoms with Crippen LogP contribution in [0.3, 0.4) is 0 Å². The summed E-state index contributed by atoms with van der Waals surface area (Å²) >= 11 is 0. The lowest BCUT2D eigenvalue weighted by molar-refractivity contribution is -0.119. The molecule has 0 fully saturated rings. The molecule has 0 saturated heterocycles. The van der Waals surface area contributed by atoms with Crippen LogP contribution in [0.25, 0.3) is 0 Å². The van der Waals surface area contributed by atoms with Crippen LogP contribution in [0.4, 0.5) is 0 Å². The number of ether oxygens (including phenoxy) is 2. The van der Waals surface area contributed by atoms with Crippen LogP contribution in [0, 0.1) is 6.92 Å². The number of aliphatic imine (C=N–C) groups is 1. The van der Waals surface area contributed by atoms with Crippen molar-refractivity contribution in [2.75, 3.05) is 39.9 Å². The van der Waals surface area contributed by atoms with Crippen molar-refractivity contribution < 1.29 is 14.3 Å². The van der Waals surface area contributed by atoms with Gasteiger partial charge in [0.15, 0.2) is 5.96 Å². The maximum Gasteiger partial charge on any atom is 0.241 e. The van der Waals surface area contributed by atoms with Crippen LogP contribution >= 0.6 is 0 Å². The lowest BCUT2D eigenvalue weighted by atomic mass is 10.2. The van der Waals surface area contributed by atoms with Crippen molar-refractivity contribution >= 4 is 11.9 Å². The monoisotopic (exact) mass is 350 g/mol. The van der Waals surface area contributed by atoms with Crippen LogP contribution < -0.4 is 20.7 Å². The predicted octanol–water partition coefficient (Wildman–Crippen LogP) is 1.08. The fourth-order valence-corrected chi connectivity index (χ4v) is 2.04. The molecule has 0 saturated carbocycles. The summed E-state index contributed by atoms with van der Waals surface area (Å²) in [4.78, 5) is 16.0. The summed E-state index contributed by atoms with van der Waals surface area (Å²) in [5.41, 5.74) is 1.16. The van der Waals surface area contributed by atoms with E-state index in [-0.39, 0.29) is 18.6 Å². The Bertz CT molecular complexity index is 549. The lowest BCUT2D eigenvalue weighted by Gasteiger charge is -2.18. The van der Waals surface area contributed by atoms with E-state index in [2.05, 4.69) is 20.9 Å². The predicted molar refractivity (Wildman–Crippen MR) is 100 cm³/mol. The molecule has 0 aliphatic heterocycles. The number of nitrogens with zero attached hydrogens (tertiary/aromatic N) is 1. The van der Waals surface area contributed by atoms with Gasteiger partial charge in [0.2, 0.25) is 5.91 Å². The van der Waals surface area contributed by atoms with E-state index in [0.29, 0.717) is 32.2 Å². The number of carbonyl (C=O) groups excluding carboxylic acids is 1. The summed E-state index contributed by atoms with van der Waals surface area (Å²) in [5.74, 6) is 1.29. The second-order valence-electron chi connectivity index (χ2n) is 5.66. The van der Waals surface area contributed by atoms with Gasteiger partial charge in [0, 0.05) is 20.2 Å². The van der Waals surface area contributed by atoms with E-state index in [0.717, 1.165) is 11.3 Å². The van der Waals surface area contributed by atoms with Crippen molar-refractivity contribution in [3.05, 3.63) is 29.8 Å². The number of guanidine groups is 1. The number of nitrogens with one attached hydrogen (secondary N) is 3. The van der Waals surface area contributed by atoms with Crippen LogP contribution in [-0.4, -0.2) is 57.9 Å². The van der Waals surface area contributed by atoms with E-state index in [9.17, 15) is 4.79 Å². The van der Waals surface area contributed by atoms with Gasteiger partial charge in [-0.2, -0.15) is 0 Å². The minimum Gasteiger partial charge on any atom is -0.489 e. The Morgan fingerprint density at radius 2 is 2.08 bits per heavy atom. The molecule has 140 valence electrons. The molecule has 0 bridgehead atoms. The van der Waals surface area contributed by atoms with Crippen molar-refractivity contribution in [2.24, 2.45) is 4.99 Å². The molecule has 0 aliphatic rings. The Morgan fingerprint density at radius 1 is 1.28 bits per heavy atom. The highest BCUT2D eigenvalue weighted by Gasteiger charge is 2.07. The third kappa shape index (κ3) is 9.56. The molecule has 0 spiro atoms. The quantitative estimate of drug-likeness (QED) is 0.334. The minimum atomic E-state index is -0.140. The third-order valence-electron chi connectivity index (χ3n) is 3.24. The van der Waals surface area contributed by atoms with Gasteiger partial charge in [-0.15, -0.1) is 0 Å². The first-order valence-electron chi connectivity index (χ1n) is 8.56. The SMILES string of the molecule is CCNC(=NCC(=O)NCCOC)NCC(C)Oc1cccc(C)c1. The Labute approximate surface area is 150 Å². The molecule has 1 amide bonds. The van der Waals surface area contributed by atoms with Crippen LogP contribution in [-0.2, 0) is 9.53 Å². The first-order valence-corrected chi connectivity index (χ1v) is 8.56. The van der Waals surface area contributed by atoms with Gasteiger partial charge in [-0.25, -0.2) is 4.99 Å². The molecule has 1 aromatic rings. The molecule has 7 heteroatoms. The largest absolute Gasteiger partial charge is 0.489 e. The first-order chi connectivity index (χ1) is 12.0. The van der Waals surface area contributed by atoms with Gasteiger partial charge >= 0.3 is 0 Å². The molecular weight excluding hydrogens is 320 g/mol. The summed E-state index contributed by atoms with van der Waals surface area (Å²) in [6.45, 7) is 8.31. The summed E-state index contributed by atoms with van der Waals surface area (Å²) in [5, 5.41) is 9.03. The van der Waals surface area contributed by atoms with Crippen molar-refractivity contribution in [1.29, 1.82) is 0 Å². The number of carbonyl (C=O) groups is 1. The number of benzene rings is 1. The van der Waals surface area contributed by atoms with Crippen LogP contribution in [0.15, 0.2) is 29.3 Å². The van der Waals surface area contributed by atoms with Gasteiger partial charge in [-0.1, -0.05) is 12.1 Å². The molecule has 0 aliphatic carbocycles. The van der Waals surface area contributed by atoms with Crippen molar-refractivity contribution in [3.8, 4) is 5.75 Å². The third-order valence-corrected chi connectivity index (χ3v) is 3.24. The number of hydrogen-bond donors (Lipinski definition) is 3. The molecule has 0 radical (unpaired) electrons. The number of rotatable bonds is 10. The Balaban J connectivity index is 2.42. The van der Waals surface area contributed by atoms with Gasteiger partial charge in [0.05, 0.1) is 13.2 Å². The maximum absolute atomic E-state index is 11.7. The maximum atomic E-state index is 11.7. The fraction of sp³-hybridized carbons (Fsp3) is 0.556. The molecule has 1 unspecified atom stereocenters. The second-order valence-corrected chi connectivity index (χ2v) is 5.66. The van der Waals surface area contributed by atoms with Crippen molar-refractivity contribution in [3.63, 3.8) is 0 Å². The van der Waals surface area contributed by atoms with E-state index in [1.54, 1.807) is 7.11 Å². The van der Waals surface area contributed by atoms with Gasteiger partial charge < -0.3 is 25.4 Å². The molecule has 3 N–H and O–H groups in total. The highest BCUT2D eigenvalue weighted by atomic mass is 16.5. The van der Waals surface area contributed by atoms with Crippen molar-refractivity contribution in [2.45, 2.75) is 26.9 Å². The van der Waals surface area contributed by atoms with E-state index >= 15 is 0 Å². The summed E-state index contributed by atoms with van der Waals surface area (Å²) in [7, 11) is 1.59. The van der Waals surface area contributed by atoms with Crippen LogP contribution in [0.2, 0.25) is 0 Å². The fourth-order valence-electron chi connectivity index (χ4n) is 2.04. The lowest BCUT2D eigenvalue weighted by Crippen LogP contribution is -2.42. The molecule has 25 heavy (non-hydrogen) atoms. The summed E-state index contributed by atoms with van der Waals surface area (Å²) in [6, 6.07) is 7.94. The number of hydrogen-bond acceptors (Lipinski definition) is 4. The highest BCUT2D eigenvalue weighted by Crippen LogP contribution is 2.13. The van der Waals surface area contributed by atoms with Crippen LogP contribution in [0.5, 0.6) is 5.75 Å². The topological polar surface area (TPSA) is 84.0 Å². The molecule has 1 atom stereocenters. The van der Waals surface area contributed by atoms with Crippen molar-refractivity contribution in [1.82, 2.24) is 16.0 Å². The van der Waals surface area contributed by atoms with E-state index in [1.807, 2.05) is 45.0 Å². The molecule has 0 heterocycles. The minimum absolute atomic E-state index is 0.0406. The molecule has 1 rings (SSSR count). The van der Waals surface area contributed by atoms with E-state index in [1.165, 1.54) is 0 Å². The van der Waals surface area contributed by atoms with E-state index in [4.69, 9.17) is 9.47 Å². The Morgan fingerprint density at radius 3 is 2.76 bits per heavy atom. The summed E-state index contributed by atoms with van der Waals surface area (Å²) < 4.78 is 10.8. The molecular formula is C18H30N4O3. The zero-order valence-corrected chi connectivity index (χ0v) is 15.6. The second kappa shape index (κ2) is 12.1. The molecule has 7 nitrogen and oxygen atoms in total. The van der Waals surface area contributed by atoms with Gasteiger partial charge in [0.1, 0.15) is 18.4 Å². The standard InChI is InChI=1S/C18H30N4O3/c1-5-19-18(22-13-17(23)20-9-10-24-4)21-12-15(3)25-16-8-6-7-14(2)11-16/h6-8,11,15H,5,9-10,12-13H2,1-4H3,(H,20,23)(H2,19,21,22). The summed E-state index contributed by atoms with van der Waals surface area (Å²) in [6.07, 6.45) is -0.0406. The molecule has 0 aromatic heterocycles. The smallest absolute Gasteiger partial charge is 0.241 e. The zero-order chi connectivity index (χ0) is 18.5. The first kappa shape index (κ1) is 20.8. The van der Waals surface area contributed by atoms with E-state index < -0.39 is 0 Å². The van der Waals surface area contributed by atoms with Gasteiger partial charge in [0.25, 0.3) is 0 Å². The number of aryl methyl sites for hydroxylation is 1. The number of methoxy groups -OCH3 is 1. The average Bonchev–Trinajstić information content (AvgIpc) is 2.57. The number of amides is 1. The zero-order valence-electron chi connectivity index (χ0n) is 15.6. The normalized spacial score (nSPS) is 12.4. The Kier molecular flexibility index (Phi) is 10.1. The average molecular weight is 350 g/mol. The molecule has 1 aromatic carbocycles. The van der Waals surface area contributed by atoms with Crippen LogP contribution in [0.1, 0.15) is 19.4 Å².